The van der Waals surface area contributed by atoms with Crippen molar-refractivity contribution in [3.8, 4) is 23.0 Å². The van der Waals surface area contributed by atoms with E-state index in [-0.39, 0.29) is 18.4 Å². The van der Waals surface area contributed by atoms with Gasteiger partial charge < -0.3 is 33.7 Å². The van der Waals surface area contributed by atoms with Gasteiger partial charge in [0.05, 0.1) is 34.5 Å². The van der Waals surface area contributed by atoms with Crippen LogP contribution in [0.15, 0.2) is 60.7 Å². The van der Waals surface area contributed by atoms with E-state index in [0.29, 0.717) is 30.2 Å². The molecule has 2 aliphatic heterocycles. The average Bonchev–Trinajstić information content (AvgIpc) is 3.36. The van der Waals surface area contributed by atoms with Crippen LogP contribution in [0.5, 0.6) is 23.0 Å². The van der Waals surface area contributed by atoms with E-state index in [9.17, 15) is 9.59 Å². The van der Waals surface area contributed by atoms with Crippen LogP contribution in [0.4, 0.5) is 0 Å². The van der Waals surface area contributed by atoms with Crippen molar-refractivity contribution >= 4 is 22.7 Å². The van der Waals surface area contributed by atoms with Crippen LogP contribution in [0.1, 0.15) is 28.4 Å². The van der Waals surface area contributed by atoms with Crippen molar-refractivity contribution in [2.24, 2.45) is 0 Å². The standard InChI is InChI=1S/C31H31N3O6/c1-37-20-11-9-18(10-12-20)16-33-17-27(35)34-24(31(33)36)15-22-21-7-5-6-8-23(21)32-28(22)29(34)19-13-25(38-2)30(40-4)26(14-19)39-3/h5-14,24,29,32H,15-17H2,1-4H3/t24-,29?/m0/s1. The van der Waals surface area contributed by atoms with E-state index < -0.39 is 12.1 Å². The minimum Gasteiger partial charge on any atom is -0.497 e. The molecule has 0 saturated carbocycles. The summed E-state index contributed by atoms with van der Waals surface area (Å²) in [5, 5.41) is 1.04. The molecule has 9 heteroatoms. The number of benzene rings is 3. The number of carbonyl (C=O) groups excluding carboxylic acids is 2. The third-order valence-electron chi connectivity index (χ3n) is 7.88. The van der Waals surface area contributed by atoms with E-state index in [2.05, 4.69) is 11.1 Å². The molecular weight excluding hydrogens is 510 g/mol. The molecule has 0 bridgehead atoms. The second-order valence-electron chi connectivity index (χ2n) is 9.99. The van der Waals surface area contributed by atoms with Crippen molar-refractivity contribution in [3.63, 3.8) is 0 Å². The lowest BCUT2D eigenvalue weighted by Crippen LogP contribution is -2.62. The van der Waals surface area contributed by atoms with Crippen LogP contribution in [0, 0.1) is 0 Å². The Labute approximate surface area is 232 Å². The summed E-state index contributed by atoms with van der Waals surface area (Å²) in [5.74, 6) is 1.96. The number of nitrogens with zero attached hydrogens (tertiary/aromatic N) is 2. The molecule has 9 nitrogen and oxygen atoms in total. The summed E-state index contributed by atoms with van der Waals surface area (Å²) < 4.78 is 22.1. The molecule has 0 spiro atoms. The van der Waals surface area contributed by atoms with Gasteiger partial charge >= 0.3 is 0 Å². The number of carbonyl (C=O) groups is 2. The molecule has 206 valence electrons. The van der Waals surface area contributed by atoms with Crippen LogP contribution in [-0.2, 0) is 22.6 Å². The van der Waals surface area contributed by atoms with Gasteiger partial charge in [0.15, 0.2) is 11.5 Å². The number of aromatic nitrogens is 1. The van der Waals surface area contributed by atoms with Gasteiger partial charge in [-0.1, -0.05) is 30.3 Å². The summed E-state index contributed by atoms with van der Waals surface area (Å²) in [4.78, 5) is 34.9. The SMILES string of the molecule is COc1ccc(CN2CC(=O)N3C(c4cc(OC)c(OC)c(OC)c4)c4[nH]c5ccccc5c4C[C@H]3C2=O)cc1. The summed E-state index contributed by atoms with van der Waals surface area (Å²) >= 11 is 0. The maximum absolute atomic E-state index is 14.1. The molecule has 0 radical (unpaired) electrons. The minimum absolute atomic E-state index is 0.0160. The number of hydrogen-bond donors (Lipinski definition) is 1. The highest BCUT2D eigenvalue weighted by molar-refractivity contribution is 5.97. The minimum atomic E-state index is -0.657. The lowest BCUT2D eigenvalue weighted by atomic mass is 9.86. The Kier molecular flexibility index (Phi) is 6.50. The number of piperazine rings is 1. The molecule has 2 aliphatic rings. The van der Waals surface area contributed by atoms with E-state index >= 15 is 0 Å². The fourth-order valence-electron chi connectivity index (χ4n) is 6.01. The number of hydrogen-bond acceptors (Lipinski definition) is 6. The quantitative estimate of drug-likeness (QED) is 0.379. The van der Waals surface area contributed by atoms with Crippen molar-refractivity contribution in [1.29, 1.82) is 0 Å². The largest absolute Gasteiger partial charge is 0.497 e. The van der Waals surface area contributed by atoms with Gasteiger partial charge in [-0.25, -0.2) is 0 Å². The molecule has 3 aromatic carbocycles. The zero-order valence-electron chi connectivity index (χ0n) is 22.9. The lowest BCUT2D eigenvalue weighted by Gasteiger charge is -2.47. The maximum Gasteiger partial charge on any atom is 0.246 e. The monoisotopic (exact) mass is 541 g/mol. The van der Waals surface area contributed by atoms with Crippen LogP contribution < -0.4 is 18.9 Å². The Morgan fingerprint density at radius 2 is 1.57 bits per heavy atom. The molecule has 1 unspecified atom stereocenters. The van der Waals surface area contributed by atoms with Gasteiger partial charge in [-0.05, 0) is 47.0 Å². The molecule has 2 atom stereocenters. The van der Waals surface area contributed by atoms with Crippen LogP contribution in [0.2, 0.25) is 0 Å². The molecule has 6 rings (SSSR count). The second-order valence-corrected chi connectivity index (χ2v) is 9.99. The molecule has 2 amide bonds. The van der Waals surface area contributed by atoms with E-state index in [1.54, 1.807) is 38.2 Å². The highest BCUT2D eigenvalue weighted by Crippen LogP contribution is 2.47. The number of methoxy groups -OCH3 is 4. The summed E-state index contributed by atoms with van der Waals surface area (Å²) in [7, 11) is 6.29. The van der Waals surface area contributed by atoms with Crippen LogP contribution in [0.25, 0.3) is 10.9 Å². The van der Waals surface area contributed by atoms with Gasteiger partial charge in [0.2, 0.25) is 17.6 Å². The number of aromatic amines is 1. The Bertz CT molecular complexity index is 1570. The molecule has 1 aromatic heterocycles. The molecule has 1 saturated heterocycles. The van der Waals surface area contributed by atoms with Crippen molar-refractivity contribution in [2.75, 3.05) is 35.0 Å². The van der Waals surface area contributed by atoms with Gasteiger partial charge in [-0.2, -0.15) is 0 Å². The normalized spacial score (nSPS) is 18.4. The third kappa shape index (κ3) is 4.09. The van der Waals surface area contributed by atoms with Crippen LogP contribution in [-0.4, -0.2) is 67.6 Å². The number of para-hydroxylation sites is 1. The van der Waals surface area contributed by atoms with E-state index in [1.807, 2.05) is 54.6 Å². The Balaban J connectivity index is 1.46. The first-order valence-corrected chi connectivity index (χ1v) is 13.1. The third-order valence-corrected chi connectivity index (χ3v) is 7.88. The molecule has 1 fully saturated rings. The summed E-state index contributed by atoms with van der Waals surface area (Å²) in [6, 6.07) is 18.1. The summed E-state index contributed by atoms with van der Waals surface area (Å²) in [6.07, 6.45) is 0.421. The molecule has 3 heterocycles. The van der Waals surface area contributed by atoms with Crippen molar-refractivity contribution < 1.29 is 28.5 Å². The number of H-pyrrole nitrogens is 1. The first-order valence-electron chi connectivity index (χ1n) is 13.1. The molecule has 0 aliphatic carbocycles. The van der Waals surface area contributed by atoms with Gasteiger partial charge in [0.25, 0.3) is 0 Å². The topological polar surface area (TPSA) is 93.3 Å². The number of rotatable bonds is 7. The van der Waals surface area contributed by atoms with Crippen molar-refractivity contribution in [3.05, 3.63) is 83.0 Å². The Morgan fingerprint density at radius 1 is 0.875 bits per heavy atom. The average molecular weight is 542 g/mol. The Morgan fingerprint density at radius 3 is 2.23 bits per heavy atom. The van der Waals surface area contributed by atoms with E-state index in [1.165, 1.54) is 0 Å². The van der Waals surface area contributed by atoms with Crippen molar-refractivity contribution in [2.45, 2.75) is 25.0 Å². The predicted molar refractivity (Wildman–Crippen MR) is 149 cm³/mol. The van der Waals surface area contributed by atoms with Gasteiger partial charge in [0, 0.05) is 29.6 Å². The molecular formula is C31H31N3O6. The molecule has 40 heavy (non-hydrogen) atoms. The van der Waals surface area contributed by atoms with Gasteiger partial charge in [-0.15, -0.1) is 0 Å². The fraction of sp³-hybridized carbons (Fsp3) is 0.290. The molecule has 1 N–H and O–H groups in total. The van der Waals surface area contributed by atoms with Crippen LogP contribution in [0.3, 0.4) is 0 Å². The second kappa shape index (κ2) is 10.1. The zero-order valence-corrected chi connectivity index (χ0v) is 22.9. The highest BCUT2D eigenvalue weighted by Gasteiger charge is 2.48. The molecule has 4 aromatic rings. The first-order chi connectivity index (χ1) is 19.5. The first kappa shape index (κ1) is 25.6. The van der Waals surface area contributed by atoms with Crippen molar-refractivity contribution in [1.82, 2.24) is 14.8 Å². The number of fused-ring (bicyclic) bond motifs is 4. The zero-order chi connectivity index (χ0) is 28.0. The highest BCUT2D eigenvalue weighted by atomic mass is 16.5. The fourth-order valence-corrected chi connectivity index (χ4v) is 6.01. The smallest absolute Gasteiger partial charge is 0.246 e. The van der Waals surface area contributed by atoms with E-state index in [0.717, 1.165) is 39.0 Å². The maximum atomic E-state index is 14.1. The van der Waals surface area contributed by atoms with Gasteiger partial charge in [0.1, 0.15) is 18.3 Å². The van der Waals surface area contributed by atoms with Crippen LogP contribution >= 0.6 is 0 Å². The number of nitrogens with one attached hydrogen (secondary N) is 1. The Hall–Kier alpha value is -4.66. The lowest BCUT2D eigenvalue weighted by molar-refractivity contribution is -0.159. The summed E-state index contributed by atoms with van der Waals surface area (Å²) in [5.41, 5.74) is 4.57. The van der Waals surface area contributed by atoms with E-state index in [4.69, 9.17) is 18.9 Å². The van der Waals surface area contributed by atoms with Gasteiger partial charge in [-0.3, -0.25) is 9.59 Å². The number of amides is 2. The summed E-state index contributed by atoms with van der Waals surface area (Å²) in [6.45, 7) is 0.326. The number of ether oxygens (including phenoxy) is 4. The predicted octanol–water partition coefficient (Wildman–Crippen LogP) is 4.09.